The first kappa shape index (κ1) is 20.1. The van der Waals surface area contributed by atoms with E-state index in [9.17, 15) is 9.59 Å². The molecular formula is C22H20ClN7O2. The highest BCUT2D eigenvalue weighted by atomic mass is 35.5. The number of rotatable bonds is 4. The van der Waals surface area contributed by atoms with E-state index in [-0.39, 0.29) is 23.5 Å². The van der Waals surface area contributed by atoms with Gasteiger partial charge in [0.25, 0.3) is 11.5 Å². The van der Waals surface area contributed by atoms with Crippen molar-refractivity contribution in [3.63, 3.8) is 0 Å². The van der Waals surface area contributed by atoms with E-state index in [1.807, 2.05) is 50.4 Å². The van der Waals surface area contributed by atoms with Crippen LogP contribution in [0.25, 0.3) is 11.2 Å². The minimum atomic E-state index is -0.421. The number of carbonyl (C=O) groups excluding carboxylic acids is 1. The van der Waals surface area contributed by atoms with Gasteiger partial charge in [-0.3, -0.25) is 14.2 Å². The summed E-state index contributed by atoms with van der Waals surface area (Å²) in [5.41, 5.74) is 8.28. The summed E-state index contributed by atoms with van der Waals surface area (Å²) < 4.78 is 3.30. The first-order valence-corrected chi connectivity index (χ1v) is 10.4. The van der Waals surface area contributed by atoms with Gasteiger partial charge >= 0.3 is 0 Å². The van der Waals surface area contributed by atoms with E-state index in [1.165, 1.54) is 0 Å². The van der Waals surface area contributed by atoms with E-state index in [1.54, 1.807) is 21.2 Å². The van der Waals surface area contributed by atoms with E-state index in [4.69, 9.17) is 17.3 Å². The van der Waals surface area contributed by atoms with E-state index >= 15 is 0 Å². The number of nitrogens with zero attached hydrogens (tertiary/aromatic N) is 4. The van der Waals surface area contributed by atoms with Crippen LogP contribution in [0.15, 0.2) is 53.6 Å². The van der Waals surface area contributed by atoms with Gasteiger partial charge in [-0.15, -0.1) is 0 Å². The highest BCUT2D eigenvalue weighted by Crippen LogP contribution is 2.31. The molecule has 1 aromatic carbocycles. The first-order valence-electron chi connectivity index (χ1n) is 10.1. The number of benzene rings is 1. The molecule has 162 valence electrons. The van der Waals surface area contributed by atoms with Gasteiger partial charge in [0.05, 0.1) is 28.5 Å². The van der Waals surface area contributed by atoms with Crippen LogP contribution < -0.4 is 21.9 Å². The van der Waals surface area contributed by atoms with Gasteiger partial charge in [-0.1, -0.05) is 29.8 Å². The fourth-order valence-corrected chi connectivity index (χ4v) is 4.30. The molecule has 1 aliphatic rings. The Hall–Kier alpha value is -3.85. The molecule has 0 spiro atoms. The monoisotopic (exact) mass is 449 g/mol. The molecule has 4 aromatic rings. The van der Waals surface area contributed by atoms with Crippen LogP contribution in [0.2, 0.25) is 5.02 Å². The average molecular weight is 450 g/mol. The second-order valence-corrected chi connectivity index (χ2v) is 8.11. The predicted octanol–water partition coefficient (Wildman–Crippen LogP) is 3.09. The van der Waals surface area contributed by atoms with E-state index in [2.05, 4.69) is 20.6 Å². The molecule has 0 unspecified atom stereocenters. The number of aromatic nitrogens is 4. The van der Waals surface area contributed by atoms with E-state index < -0.39 is 6.04 Å². The van der Waals surface area contributed by atoms with Gasteiger partial charge < -0.3 is 20.8 Å². The van der Waals surface area contributed by atoms with Crippen molar-refractivity contribution in [3.05, 3.63) is 81.1 Å². The largest absolute Gasteiger partial charge is 0.368 e. The molecule has 0 bridgehead atoms. The van der Waals surface area contributed by atoms with Crippen LogP contribution in [-0.4, -0.2) is 24.8 Å². The molecule has 1 amide bonds. The Morgan fingerprint density at radius 1 is 1.19 bits per heavy atom. The Morgan fingerprint density at radius 2 is 1.94 bits per heavy atom. The van der Waals surface area contributed by atoms with Crippen LogP contribution in [-0.2, 0) is 0 Å². The third-order valence-electron chi connectivity index (χ3n) is 5.55. The van der Waals surface area contributed by atoms with Gasteiger partial charge in [0.15, 0.2) is 0 Å². The van der Waals surface area contributed by atoms with Gasteiger partial charge in [-0.05, 0) is 32.0 Å². The number of nitrogens with two attached hydrogens (primary N) is 1. The molecule has 2 atom stereocenters. The standard InChI is InChI=1S/C22H20ClN7O2/c1-11(25-19-16-17(27-22(24)28-19)12(2)26-20(16)31)15-10-29-9-8-14(23)18(29)21(32)30(15)13-6-4-3-5-7-13/h3-12H,1-2H3,(H,26,31)(H3,24,25,27,28)/t11-,12+/m0/s1. The fraction of sp³-hybridized carbons (Fsp3) is 0.182. The lowest BCUT2D eigenvalue weighted by molar-refractivity contribution is 0.0959. The molecule has 0 radical (unpaired) electrons. The third kappa shape index (κ3) is 3.09. The Balaban J connectivity index is 1.67. The van der Waals surface area contributed by atoms with Gasteiger partial charge in [0.2, 0.25) is 5.95 Å². The quantitative estimate of drug-likeness (QED) is 0.440. The Morgan fingerprint density at radius 3 is 2.69 bits per heavy atom. The van der Waals surface area contributed by atoms with Gasteiger partial charge in [-0.25, -0.2) is 4.98 Å². The molecular weight excluding hydrogens is 430 g/mol. The topological polar surface area (TPSA) is 119 Å². The third-order valence-corrected chi connectivity index (χ3v) is 5.86. The number of hydrogen-bond donors (Lipinski definition) is 3. The maximum absolute atomic E-state index is 13.4. The summed E-state index contributed by atoms with van der Waals surface area (Å²) in [5.74, 6) is 0.115. The van der Waals surface area contributed by atoms with Gasteiger partial charge in [0, 0.05) is 18.1 Å². The lowest BCUT2D eigenvalue weighted by atomic mass is 10.1. The van der Waals surface area contributed by atoms with Crippen molar-refractivity contribution in [3.8, 4) is 5.69 Å². The summed E-state index contributed by atoms with van der Waals surface area (Å²) in [7, 11) is 0. The van der Waals surface area contributed by atoms with Gasteiger partial charge in [0.1, 0.15) is 16.9 Å². The summed E-state index contributed by atoms with van der Waals surface area (Å²) in [6, 6.07) is 10.3. The molecule has 0 aliphatic carbocycles. The SMILES string of the molecule is C[C@H](Nc1nc(N)nc2c1C(=O)N[C@@H]2C)c1cn2ccc(Cl)c2c(=O)n1-c1ccccc1. The highest BCUT2D eigenvalue weighted by molar-refractivity contribution is 6.33. The maximum Gasteiger partial charge on any atom is 0.281 e. The Labute approximate surface area is 187 Å². The number of halogens is 1. The number of amides is 1. The molecule has 5 rings (SSSR count). The second-order valence-electron chi connectivity index (χ2n) is 7.70. The van der Waals surface area contributed by atoms with Crippen molar-refractivity contribution in [2.45, 2.75) is 25.9 Å². The highest BCUT2D eigenvalue weighted by Gasteiger charge is 2.32. The molecule has 9 nitrogen and oxygen atoms in total. The molecule has 4 heterocycles. The Kier molecular flexibility index (Phi) is 4.63. The zero-order valence-corrected chi connectivity index (χ0v) is 18.1. The molecule has 32 heavy (non-hydrogen) atoms. The van der Waals surface area contributed by atoms with Gasteiger partial charge in [-0.2, -0.15) is 4.98 Å². The molecule has 1 aliphatic heterocycles. The number of hydrogen-bond acceptors (Lipinski definition) is 6. The zero-order valence-electron chi connectivity index (χ0n) is 17.3. The summed E-state index contributed by atoms with van der Waals surface area (Å²) in [5, 5.41) is 6.46. The molecule has 0 fully saturated rings. The van der Waals surface area contributed by atoms with Crippen molar-refractivity contribution in [2.24, 2.45) is 0 Å². The number of anilines is 2. The van der Waals surface area contributed by atoms with Crippen molar-refractivity contribution in [2.75, 3.05) is 11.1 Å². The van der Waals surface area contributed by atoms with Crippen LogP contribution in [0, 0.1) is 0 Å². The van der Waals surface area contributed by atoms with Crippen LogP contribution >= 0.6 is 11.6 Å². The summed E-state index contributed by atoms with van der Waals surface area (Å²) in [6.45, 7) is 3.71. The van der Waals surface area contributed by atoms with Crippen molar-refractivity contribution in [1.29, 1.82) is 0 Å². The average Bonchev–Trinajstić information content (AvgIpc) is 3.27. The normalized spacial score (nSPS) is 16.1. The first-order chi connectivity index (χ1) is 15.3. The molecule has 0 saturated carbocycles. The Bertz CT molecular complexity index is 1430. The molecule has 4 N–H and O–H groups in total. The lowest BCUT2D eigenvalue weighted by Gasteiger charge is -2.22. The molecule has 10 heteroatoms. The van der Waals surface area contributed by atoms with Crippen LogP contribution in [0.1, 0.15) is 47.7 Å². The van der Waals surface area contributed by atoms with Crippen LogP contribution in [0.3, 0.4) is 0 Å². The number of fused-ring (bicyclic) bond motifs is 2. The molecule has 0 saturated heterocycles. The predicted molar refractivity (Wildman–Crippen MR) is 122 cm³/mol. The number of nitrogens with one attached hydrogen (secondary N) is 2. The summed E-state index contributed by atoms with van der Waals surface area (Å²) in [6.07, 6.45) is 3.57. The number of carbonyl (C=O) groups is 1. The van der Waals surface area contributed by atoms with Crippen molar-refractivity contribution < 1.29 is 4.79 Å². The number of para-hydroxylation sites is 1. The lowest BCUT2D eigenvalue weighted by Crippen LogP contribution is -2.27. The summed E-state index contributed by atoms with van der Waals surface area (Å²) in [4.78, 5) is 34.4. The van der Waals surface area contributed by atoms with Crippen molar-refractivity contribution in [1.82, 2.24) is 24.3 Å². The zero-order chi connectivity index (χ0) is 22.6. The maximum atomic E-state index is 13.4. The second kappa shape index (κ2) is 7.38. The van der Waals surface area contributed by atoms with Crippen LogP contribution in [0.5, 0.6) is 0 Å². The smallest absolute Gasteiger partial charge is 0.281 e. The minimum Gasteiger partial charge on any atom is -0.368 e. The van der Waals surface area contributed by atoms with Crippen LogP contribution in [0.4, 0.5) is 11.8 Å². The van der Waals surface area contributed by atoms with E-state index in [0.29, 0.717) is 39.0 Å². The fourth-order valence-electron chi connectivity index (χ4n) is 4.07. The minimum absolute atomic E-state index is 0.0647. The number of nitrogen functional groups attached to an aromatic ring is 1. The summed E-state index contributed by atoms with van der Waals surface area (Å²) >= 11 is 6.28. The molecule has 3 aromatic heterocycles. The van der Waals surface area contributed by atoms with E-state index in [0.717, 1.165) is 0 Å². The van der Waals surface area contributed by atoms with Crippen molar-refractivity contribution >= 4 is 34.8 Å².